The molecule has 3 aromatic carbocycles. The van der Waals surface area contributed by atoms with Crippen molar-refractivity contribution in [3.8, 4) is 11.5 Å². The first-order valence-electron chi connectivity index (χ1n) is 7.95. The summed E-state index contributed by atoms with van der Waals surface area (Å²) >= 11 is 6.23. The van der Waals surface area contributed by atoms with Crippen LogP contribution in [-0.4, -0.2) is 4.92 Å². The summed E-state index contributed by atoms with van der Waals surface area (Å²) in [5.74, 6) is 0.352. The lowest BCUT2D eigenvalue weighted by Gasteiger charge is -2.11. The molecule has 0 saturated carbocycles. The number of nitrogens with zero attached hydrogens (tertiary/aromatic N) is 1. The number of hydrogen-bond donors (Lipinski definition) is 0. The molecule has 0 spiro atoms. The first-order chi connectivity index (χ1) is 12.6. The molecule has 0 aromatic heterocycles. The van der Waals surface area contributed by atoms with Gasteiger partial charge in [-0.1, -0.05) is 72.3 Å². The molecule has 132 valence electrons. The molecule has 0 bridgehead atoms. The van der Waals surface area contributed by atoms with Crippen LogP contribution in [0.3, 0.4) is 0 Å². The zero-order chi connectivity index (χ0) is 18.4. The maximum Gasteiger partial charge on any atom is 0.314 e. The van der Waals surface area contributed by atoms with Crippen LogP contribution >= 0.6 is 11.6 Å². The Morgan fingerprint density at radius 3 is 1.81 bits per heavy atom. The van der Waals surface area contributed by atoms with E-state index < -0.39 is 4.92 Å². The fourth-order valence-corrected chi connectivity index (χ4v) is 2.57. The van der Waals surface area contributed by atoms with Crippen LogP contribution in [0.5, 0.6) is 11.5 Å². The van der Waals surface area contributed by atoms with Gasteiger partial charge in [0.05, 0.1) is 16.0 Å². The van der Waals surface area contributed by atoms with Gasteiger partial charge in [-0.3, -0.25) is 10.1 Å². The Hall–Kier alpha value is -3.05. The van der Waals surface area contributed by atoms with E-state index in [1.807, 2.05) is 60.7 Å². The first-order valence-corrected chi connectivity index (χ1v) is 8.32. The van der Waals surface area contributed by atoms with E-state index in [1.165, 1.54) is 12.1 Å². The van der Waals surface area contributed by atoms with E-state index in [1.54, 1.807) is 0 Å². The smallest absolute Gasteiger partial charge is 0.314 e. The number of halogens is 1. The Bertz CT molecular complexity index is 885. The lowest BCUT2D eigenvalue weighted by atomic mass is 10.2. The van der Waals surface area contributed by atoms with Gasteiger partial charge in [0.25, 0.3) is 0 Å². The summed E-state index contributed by atoms with van der Waals surface area (Å²) in [7, 11) is 0. The van der Waals surface area contributed by atoms with Crippen molar-refractivity contribution in [3.05, 3.63) is 99.1 Å². The SMILES string of the molecule is O=[N+]([O-])c1cc(OCc2ccccc2)c(Cl)cc1OCc1ccccc1. The Labute approximate surface area is 155 Å². The molecule has 3 aromatic rings. The standard InChI is InChI=1S/C20H16ClNO4/c21-17-11-20(26-14-16-9-5-2-6-10-16)18(22(23)24)12-19(17)25-13-15-7-3-1-4-8-15/h1-12H,13-14H2. The zero-order valence-electron chi connectivity index (χ0n) is 13.8. The van der Waals surface area contributed by atoms with Gasteiger partial charge < -0.3 is 9.47 Å². The summed E-state index contributed by atoms with van der Waals surface area (Å²) in [6, 6.07) is 21.6. The highest BCUT2D eigenvalue weighted by atomic mass is 35.5. The Morgan fingerprint density at radius 2 is 1.31 bits per heavy atom. The van der Waals surface area contributed by atoms with Crippen LogP contribution in [0.4, 0.5) is 5.69 Å². The number of benzene rings is 3. The topological polar surface area (TPSA) is 61.6 Å². The van der Waals surface area contributed by atoms with Gasteiger partial charge in [-0.25, -0.2) is 0 Å². The highest BCUT2D eigenvalue weighted by Crippen LogP contribution is 2.38. The first kappa shape index (κ1) is 17.8. The van der Waals surface area contributed by atoms with Gasteiger partial charge >= 0.3 is 5.69 Å². The van der Waals surface area contributed by atoms with Crippen LogP contribution in [-0.2, 0) is 13.2 Å². The normalized spacial score (nSPS) is 10.3. The fraction of sp³-hybridized carbons (Fsp3) is 0.100. The van der Waals surface area contributed by atoms with Gasteiger partial charge in [0.15, 0.2) is 5.75 Å². The Morgan fingerprint density at radius 1 is 0.808 bits per heavy atom. The zero-order valence-corrected chi connectivity index (χ0v) is 14.6. The molecule has 0 amide bonds. The van der Waals surface area contributed by atoms with Crippen LogP contribution in [0.15, 0.2) is 72.8 Å². The van der Waals surface area contributed by atoms with Crippen molar-refractivity contribution < 1.29 is 14.4 Å². The number of ether oxygens (including phenoxy) is 2. The molecule has 0 heterocycles. The van der Waals surface area contributed by atoms with E-state index >= 15 is 0 Å². The molecular weight excluding hydrogens is 354 g/mol. The quantitative estimate of drug-likeness (QED) is 0.413. The molecule has 5 nitrogen and oxygen atoms in total. The molecule has 3 rings (SSSR count). The highest BCUT2D eigenvalue weighted by molar-refractivity contribution is 6.32. The maximum absolute atomic E-state index is 11.4. The fourth-order valence-electron chi connectivity index (χ4n) is 2.36. The van der Waals surface area contributed by atoms with Crippen molar-refractivity contribution in [1.82, 2.24) is 0 Å². The minimum Gasteiger partial charge on any atom is -0.487 e. The summed E-state index contributed by atoms with van der Waals surface area (Å²) in [4.78, 5) is 10.9. The molecule has 0 fully saturated rings. The summed E-state index contributed by atoms with van der Waals surface area (Å²) in [6.45, 7) is 0.476. The number of rotatable bonds is 7. The Kier molecular flexibility index (Phi) is 5.71. The molecule has 0 aliphatic carbocycles. The van der Waals surface area contributed by atoms with Gasteiger partial charge in [-0.2, -0.15) is 0 Å². The molecule has 26 heavy (non-hydrogen) atoms. The van der Waals surface area contributed by atoms with Crippen molar-refractivity contribution in [2.45, 2.75) is 13.2 Å². The van der Waals surface area contributed by atoms with E-state index in [0.29, 0.717) is 0 Å². The molecular formula is C20H16ClNO4. The minimum atomic E-state index is -0.508. The summed E-state index contributed by atoms with van der Waals surface area (Å²) in [6.07, 6.45) is 0. The molecule has 0 atom stereocenters. The average molecular weight is 370 g/mol. The molecule has 0 radical (unpaired) electrons. The van der Waals surface area contributed by atoms with Crippen LogP contribution in [0.2, 0.25) is 5.02 Å². The lowest BCUT2D eigenvalue weighted by molar-refractivity contribution is -0.386. The number of hydrogen-bond acceptors (Lipinski definition) is 4. The van der Waals surface area contributed by atoms with E-state index in [0.717, 1.165) is 11.1 Å². The van der Waals surface area contributed by atoms with Crippen molar-refractivity contribution >= 4 is 17.3 Å². The second-order valence-electron chi connectivity index (χ2n) is 5.56. The predicted molar refractivity (Wildman–Crippen MR) is 99.7 cm³/mol. The van der Waals surface area contributed by atoms with Gasteiger partial charge in [0.1, 0.15) is 19.0 Å². The molecule has 0 N–H and O–H groups in total. The van der Waals surface area contributed by atoms with Crippen LogP contribution in [0.25, 0.3) is 0 Å². The summed E-state index contributed by atoms with van der Waals surface area (Å²) < 4.78 is 11.2. The van der Waals surface area contributed by atoms with E-state index in [2.05, 4.69) is 0 Å². The molecule has 0 aliphatic heterocycles. The molecule has 0 aliphatic rings. The van der Waals surface area contributed by atoms with Crippen molar-refractivity contribution in [2.75, 3.05) is 0 Å². The van der Waals surface area contributed by atoms with E-state index in [4.69, 9.17) is 21.1 Å². The third kappa shape index (κ3) is 4.52. The monoisotopic (exact) mass is 369 g/mol. The largest absolute Gasteiger partial charge is 0.487 e. The highest BCUT2D eigenvalue weighted by Gasteiger charge is 2.20. The number of nitro groups is 1. The molecule has 0 unspecified atom stereocenters. The number of nitro benzene ring substituents is 1. The van der Waals surface area contributed by atoms with E-state index in [9.17, 15) is 10.1 Å². The van der Waals surface area contributed by atoms with Crippen LogP contribution in [0, 0.1) is 10.1 Å². The third-order valence-corrected chi connectivity index (χ3v) is 3.98. The maximum atomic E-state index is 11.4. The average Bonchev–Trinajstić information content (AvgIpc) is 2.67. The van der Waals surface area contributed by atoms with Gasteiger partial charge in [-0.05, 0) is 11.1 Å². The van der Waals surface area contributed by atoms with Gasteiger partial charge in [-0.15, -0.1) is 0 Å². The van der Waals surface area contributed by atoms with Crippen molar-refractivity contribution in [2.24, 2.45) is 0 Å². The van der Waals surface area contributed by atoms with Crippen LogP contribution in [0.1, 0.15) is 11.1 Å². The third-order valence-electron chi connectivity index (χ3n) is 3.68. The van der Waals surface area contributed by atoms with Crippen molar-refractivity contribution in [1.29, 1.82) is 0 Å². The van der Waals surface area contributed by atoms with Crippen molar-refractivity contribution in [3.63, 3.8) is 0 Å². The van der Waals surface area contributed by atoms with E-state index in [-0.39, 0.29) is 35.4 Å². The molecule has 0 saturated heterocycles. The van der Waals surface area contributed by atoms with Gasteiger partial charge in [0.2, 0.25) is 0 Å². The second kappa shape index (κ2) is 8.36. The Balaban J connectivity index is 1.78. The minimum absolute atomic E-state index is 0.107. The lowest BCUT2D eigenvalue weighted by Crippen LogP contribution is -2.01. The second-order valence-corrected chi connectivity index (χ2v) is 5.96. The predicted octanol–water partition coefficient (Wildman–Crippen LogP) is 5.41. The summed E-state index contributed by atoms with van der Waals surface area (Å²) in [5.41, 5.74) is 1.66. The van der Waals surface area contributed by atoms with Crippen LogP contribution < -0.4 is 9.47 Å². The van der Waals surface area contributed by atoms with Gasteiger partial charge in [0, 0.05) is 6.07 Å². The summed E-state index contributed by atoms with van der Waals surface area (Å²) in [5, 5.41) is 11.7. The molecule has 6 heteroatoms.